The summed E-state index contributed by atoms with van der Waals surface area (Å²) in [5.41, 5.74) is 0.0519. The van der Waals surface area contributed by atoms with Gasteiger partial charge < -0.3 is 15.0 Å². The van der Waals surface area contributed by atoms with Crippen LogP contribution in [0.25, 0.3) is 0 Å². The van der Waals surface area contributed by atoms with E-state index in [1.807, 2.05) is 6.92 Å². The van der Waals surface area contributed by atoms with Crippen molar-refractivity contribution in [1.29, 1.82) is 0 Å². The first-order valence-electron chi connectivity index (χ1n) is 11.8. The second kappa shape index (κ2) is 9.30. The van der Waals surface area contributed by atoms with Gasteiger partial charge >= 0.3 is 6.09 Å². The van der Waals surface area contributed by atoms with Crippen molar-refractivity contribution in [3.8, 4) is 0 Å². The van der Waals surface area contributed by atoms with E-state index in [1.165, 1.54) is 24.3 Å². The minimum atomic E-state index is -3.89. The third-order valence-corrected chi connectivity index (χ3v) is 10.1. The number of amides is 2. The Morgan fingerprint density at radius 3 is 2.39 bits per heavy atom. The van der Waals surface area contributed by atoms with Crippen molar-refractivity contribution in [2.45, 2.75) is 54.9 Å². The molecular weight excluding hydrogens is 514 g/mol. The highest BCUT2D eigenvalue weighted by atomic mass is 35.5. The summed E-state index contributed by atoms with van der Waals surface area (Å²) in [6, 6.07) is 6.84. The lowest BCUT2D eigenvalue weighted by molar-refractivity contribution is 0.102. The first-order valence-corrected chi connectivity index (χ1v) is 13.7. The number of hydrogen-bond donors (Lipinski definition) is 1. The van der Waals surface area contributed by atoms with Crippen LogP contribution in [-0.4, -0.2) is 49.3 Å². The standard InChI is InChI=1S/C25H25ClF2N2O5S/c1-13-12-30(25(32)35-13)23-14-2-3-15(23)9-18(8-14)36(33,34)22-10-16(4-6-19(22)26)24(31)29-17-5-7-20(27)21(28)11-17/h4-7,10-11,13-15,18,23H,2-3,8-9,12H2,1H3,(H,29,31)/t13-,14+,15?,18+,23-/m1/s1. The second-order valence-corrected chi connectivity index (χ2v) is 12.4. The quantitative estimate of drug-likeness (QED) is 0.575. The first-order chi connectivity index (χ1) is 17.0. The molecule has 1 heterocycles. The Hall–Kier alpha value is -2.72. The van der Waals surface area contributed by atoms with Crippen LogP contribution in [0.1, 0.15) is 43.0 Å². The summed E-state index contributed by atoms with van der Waals surface area (Å²) in [7, 11) is -3.89. The first kappa shape index (κ1) is 25.0. The van der Waals surface area contributed by atoms with E-state index in [-0.39, 0.29) is 51.2 Å². The number of nitrogens with one attached hydrogen (secondary N) is 1. The zero-order valence-electron chi connectivity index (χ0n) is 19.4. The van der Waals surface area contributed by atoms with E-state index in [0.29, 0.717) is 19.4 Å². The normalized spacial score (nSPS) is 27.7. The van der Waals surface area contributed by atoms with Gasteiger partial charge in [-0.3, -0.25) is 4.79 Å². The summed E-state index contributed by atoms with van der Waals surface area (Å²) in [6.45, 7) is 2.35. The maximum atomic E-state index is 13.7. The average Bonchev–Trinajstić information content (AvgIpc) is 3.28. The van der Waals surface area contributed by atoms with Crippen LogP contribution in [0.15, 0.2) is 41.3 Å². The molecule has 5 rings (SSSR count). The minimum absolute atomic E-state index is 0.00536. The molecule has 2 saturated carbocycles. The molecule has 2 bridgehead atoms. The number of carbonyl (C=O) groups is 2. The van der Waals surface area contributed by atoms with E-state index in [0.717, 1.165) is 25.0 Å². The van der Waals surface area contributed by atoms with Crippen LogP contribution >= 0.6 is 11.6 Å². The predicted octanol–water partition coefficient (Wildman–Crippen LogP) is 5.04. The van der Waals surface area contributed by atoms with E-state index < -0.39 is 32.6 Å². The summed E-state index contributed by atoms with van der Waals surface area (Å²) in [6.07, 6.45) is 1.94. The molecule has 1 N–H and O–H groups in total. The van der Waals surface area contributed by atoms with Crippen molar-refractivity contribution in [2.24, 2.45) is 11.8 Å². The van der Waals surface area contributed by atoms with Gasteiger partial charge in [-0.2, -0.15) is 0 Å². The Morgan fingerprint density at radius 1 is 1.08 bits per heavy atom. The van der Waals surface area contributed by atoms with Gasteiger partial charge in [0.2, 0.25) is 0 Å². The fraction of sp³-hybridized carbons (Fsp3) is 0.440. The number of carbonyl (C=O) groups excluding carboxylic acids is 2. The Balaban J connectivity index is 1.36. The monoisotopic (exact) mass is 538 g/mol. The topological polar surface area (TPSA) is 92.8 Å². The zero-order valence-corrected chi connectivity index (χ0v) is 21.0. The molecule has 3 fully saturated rings. The highest BCUT2D eigenvalue weighted by molar-refractivity contribution is 7.92. The molecule has 0 radical (unpaired) electrons. The maximum Gasteiger partial charge on any atom is 0.410 e. The Kier molecular flexibility index (Phi) is 6.45. The van der Waals surface area contributed by atoms with Gasteiger partial charge in [-0.05, 0) is 74.8 Å². The van der Waals surface area contributed by atoms with Crippen LogP contribution < -0.4 is 5.32 Å². The lowest BCUT2D eigenvalue weighted by Gasteiger charge is -2.39. The average molecular weight is 539 g/mol. The Bertz CT molecular complexity index is 1320. The highest BCUT2D eigenvalue weighted by Gasteiger charge is 2.52. The number of fused-ring (bicyclic) bond motifs is 2. The van der Waals surface area contributed by atoms with Gasteiger partial charge in [-0.25, -0.2) is 22.0 Å². The van der Waals surface area contributed by atoms with E-state index in [9.17, 15) is 26.8 Å². The van der Waals surface area contributed by atoms with Gasteiger partial charge in [0.15, 0.2) is 21.5 Å². The molecule has 1 saturated heterocycles. The van der Waals surface area contributed by atoms with Crippen LogP contribution in [0.2, 0.25) is 5.02 Å². The number of hydrogen-bond acceptors (Lipinski definition) is 5. The van der Waals surface area contributed by atoms with Gasteiger partial charge in [0.05, 0.1) is 21.7 Å². The van der Waals surface area contributed by atoms with Gasteiger partial charge in [-0.15, -0.1) is 0 Å². The number of sulfone groups is 1. The molecule has 2 aliphatic carbocycles. The fourth-order valence-electron chi connectivity index (χ4n) is 5.89. The van der Waals surface area contributed by atoms with Crippen LogP contribution in [-0.2, 0) is 14.6 Å². The van der Waals surface area contributed by atoms with E-state index in [1.54, 1.807) is 4.90 Å². The Labute approximate surface area is 212 Å². The molecule has 2 aromatic carbocycles. The molecule has 36 heavy (non-hydrogen) atoms. The molecule has 192 valence electrons. The minimum Gasteiger partial charge on any atom is -0.444 e. The fourth-order valence-corrected chi connectivity index (χ4v) is 8.33. The Morgan fingerprint density at radius 2 is 1.78 bits per heavy atom. The summed E-state index contributed by atoms with van der Waals surface area (Å²) >= 11 is 6.29. The largest absolute Gasteiger partial charge is 0.444 e. The molecule has 1 aliphatic heterocycles. The molecule has 0 spiro atoms. The van der Waals surface area contributed by atoms with Crippen molar-refractivity contribution >= 4 is 39.1 Å². The van der Waals surface area contributed by atoms with E-state index >= 15 is 0 Å². The smallest absolute Gasteiger partial charge is 0.410 e. The molecule has 3 aliphatic rings. The summed E-state index contributed by atoms with van der Waals surface area (Å²) in [4.78, 5) is 26.6. The molecule has 7 nitrogen and oxygen atoms in total. The van der Waals surface area contributed by atoms with Gasteiger partial charge in [0.1, 0.15) is 6.10 Å². The van der Waals surface area contributed by atoms with Gasteiger partial charge in [0, 0.05) is 23.4 Å². The summed E-state index contributed by atoms with van der Waals surface area (Å²) in [5.74, 6) is -2.76. The lowest BCUT2D eigenvalue weighted by atomic mass is 9.83. The van der Waals surface area contributed by atoms with Crippen molar-refractivity contribution in [2.75, 3.05) is 11.9 Å². The number of rotatable bonds is 5. The number of halogens is 3. The van der Waals surface area contributed by atoms with Crippen molar-refractivity contribution < 1.29 is 31.5 Å². The predicted molar refractivity (Wildman–Crippen MR) is 129 cm³/mol. The third-order valence-electron chi connectivity index (χ3n) is 7.47. The maximum absolute atomic E-state index is 13.7. The van der Waals surface area contributed by atoms with Crippen molar-refractivity contribution in [3.63, 3.8) is 0 Å². The summed E-state index contributed by atoms with van der Waals surface area (Å²) < 4.78 is 59.3. The molecule has 2 aromatic rings. The highest BCUT2D eigenvalue weighted by Crippen LogP contribution is 2.49. The van der Waals surface area contributed by atoms with Crippen molar-refractivity contribution in [1.82, 2.24) is 4.90 Å². The molecule has 11 heteroatoms. The number of anilines is 1. The molecule has 0 aromatic heterocycles. The second-order valence-electron chi connectivity index (χ2n) is 9.80. The van der Waals surface area contributed by atoms with Crippen LogP contribution in [0, 0.1) is 23.5 Å². The zero-order chi connectivity index (χ0) is 25.8. The molecule has 2 amide bonds. The SMILES string of the molecule is C[C@@H]1CN([C@H]2C3CC[C@H]2C[C@H](S(=O)(=O)c2cc(C(=O)Nc4ccc(F)c(F)c4)ccc2Cl)C3)C(=O)O1. The van der Waals surface area contributed by atoms with Crippen LogP contribution in [0.3, 0.4) is 0 Å². The van der Waals surface area contributed by atoms with Crippen LogP contribution in [0.5, 0.6) is 0 Å². The molecular formula is C25H25ClF2N2O5S. The summed E-state index contributed by atoms with van der Waals surface area (Å²) in [5, 5.41) is 1.75. The van der Waals surface area contributed by atoms with Crippen LogP contribution in [0.4, 0.5) is 19.3 Å². The third kappa shape index (κ3) is 4.45. The van der Waals surface area contributed by atoms with E-state index in [2.05, 4.69) is 5.32 Å². The number of nitrogens with zero attached hydrogens (tertiary/aromatic N) is 1. The number of benzene rings is 2. The van der Waals surface area contributed by atoms with Gasteiger partial charge in [-0.1, -0.05) is 11.6 Å². The molecule has 1 unspecified atom stereocenters. The number of cyclic esters (lactones) is 1. The van der Waals surface area contributed by atoms with Gasteiger partial charge in [0.25, 0.3) is 5.91 Å². The van der Waals surface area contributed by atoms with E-state index in [4.69, 9.17) is 16.3 Å². The number of ether oxygens (including phenoxy) is 1. The lowest BCUT2D eigenvalue weighted by Crippen LogP contribution is -2.48. The molecule has 5 atom stereocenters. The van der Waals surface area contributed by atoms with Crippen molar-refractivity contribution in [3.05, 3.63) is 58.6 Å².